The summed E-state index contributed by atoms with van der Waals surface area (Å²) in [5.74, 6) is -0.142. The van der Waals surface area contributed by atoms with Crippen LogP contribution in [0.5, 0.6) is 0 Å². The van der Waals surface area contributed by atoms with E-state index < -0.39 is 0 Å². The number of benzene rings is 1. The zero-order chi connectivity index (χ0) is 12.4. The van der Waals surface area contributed by atoms with Crippen molar-refractivity contribution in [3.8, 4) is 0 Å². The van der Waals surface area contributed by atoms with E-state index >= 15 is 0 Å². The van der Waals surface area contributed by atoms with Gasteiger partial charge in [-0.05, 0) is 41.7 Å². The first kappa shape index (κ1) is 11.3. The Labute approximate surface area is 108 Å². The molecule has 92 valence electrons. The Balaban J connectivity index is 1.87. The summed E-state index contributed by atoms with van der Waals surface area (Å²) in [6.45, 7) is 1.81. The summed E-state index contributed by atoms with van der Waals surface area (Å²) in [7, 11) is 0. The van der Waals surface area contributed by atoms with E-state index in [-0.39, 0.29) is 5.91 Å². The summed E-state index contributed by atoms with van der Waals surface area (Å²) in [5, 5.41) is 9.92. The molecule has 0 bridgehead atoms. The number of hydrogen-bond donors (Lipinski definition) is 2. The molecule has 1 aliphatic heterocycles. The molecular formula is C12H12N4OS. The van der Waals surface area contributed by atoms with E-state index in [4.69, 9.17) is 0 Å². The number of nitrogens with zero attached hydrogens (tertiary/aromatic N) is 2. The standard InChI is InChI=1S/C12H12N4OS/c17-12(11-7-14-16-18-11)15-10-3-1-2-8-6-13-5-4-9(8)10/h1-3,7,13H,4-6H2,(H,15,17). The summed E-state index contributed by atoms with van der Waals surface area (Å²) < 4.78 is 3.69. The third kappa shape index (κ3) is 2.12. The van der Waals surface area contributed by atoms with Crippen LogP contribution in [0.4, 0.5) is 5.69 Å². The number of hydrogen-bond acceptors (Lipinski definition) is 5. The van der Waals surface area contributed by atoms with Crippen molar-refractivity contribution in [1.29, 1.82) is 0 Å². The van der Waals surface area contributed by atoms with E-state index in [0.29, 0.717) is 4.88 Å². The van der Waals surface area contributed by atoms with Crippen LogP contribution in [0.25, 0.3) is 0 Å². The molecular weight excluding hydrogens is 248 g/mol. The van der Waals surface area contributed by atoms with Gasteiger partial charge in [0.05, 0.1) is 6.20 Å². The molecule has 1 aliphatic rings. The molecule has 2 heterocycles. The number of amides is 1. The lowest BCUT2D eigenvalue weighted by Crippen LogP contribution is -2.25. The normalized spacial score (nSPS) is 14.0. The number of rotatable bonds is 2. The minimum atomic E-state index is -0.142. The van der Waals surface area contributed by atoms with Crippen molar-refractivity contribution >= 4 is 23.1 Å². The van der Waals surface area contributed by atoms with Crippen LogP contribution in [0.2, 0.25) is 0 Å². The number of anilines is 1. The quantitative estimate of drug-likeness (QED) is 0.857. The monoisotopic (exact) mass is 260 g/mol. The minimum Gasteiger partial charge on any atom is -0.321 e. The van der Waals surface area contributed by atoms with Gasteiger partial charge < -0.3 is 10.6 Å². The Bertz CT molecular complexity index is 567. The highest BCUT2D eigenvalue weighted by Gasteiger charge is 2.15. The number of carbonyl (C=O) groups is 1. The summed E-state index contributed by atoms with van der Waals surface area (Å²) in [4.78, 5) is 12.5. The van der Waals surface area contributed by atoms with Gasteiger partial charge in [-0.25, -0.2) is 0 Å². The van der Waals surface area contributed by atoms with Crippen LogP contribution in [-0.2, 0) is 13.0 Å². The molecule has 0 saturated heterocycles. The SMILES string of the molecule is O=C(Nc1cccc2c1CCNC2)c1cnns1. The average Bonchev–Trinajstić information content (AvgIpc) is 2.93. The van der Waals surface area contributed by atoms with Gasteiger partial charge in [0.2, 0.25) is 0 Å². The molecule has 0 atom stereocenters. The lowest BCUT2D eigenvalue weighted by molar-refractivity contribution is 0.103. The van der Waals surface area contributed by atoms with E-state index in [1.807, 2.05) is 12.1 Å². The highest BCUT2D eigenvalue weighted by Crippen LogP contribution is 2.23. The Morgan fingerprint density at radius 1 is 1.44 bits per heavy atom. The number of aromatic nitrogens is 2. The first-order valence-corrected chi connectivity index (χ1v) is 6.52. The van der Waals surface area contributed by atoms with E-state index in [1.165, 1.54) is 17.3 Å². The smallest absolute Gasteiger partial charge is 0.269 e. The average molecular weight is 260 g/mol. The molecule has 6 heteroatoms. The van der Waals surface area contributed by atoms with Crippen LogP contribution in [0.3, 0.4) is 0 Å². The van der Waals surface area contributed by atoms with Crippen molar-refractivity contribution in [2.75, 3.05) is 11.9 Å². The van der Waals surface area contributed by atoms with E-state index in [1.54, 1.807) is 0 Å². The van der Waals surface area contributed by atoms with E-state index in [9.17, 15) is 4.79 Å². The molecule has 1 aromatic heterocycles. The fourth-order valence-corrected chi connectivity index (χ4v) is 2.51. The first-order valence-electron chi connectivity index (χ1n) is 5.75. The van der Waals surface area contributed by atoms with Crippen LogP contribution in [0.1, 0.15) is 20.8 Å². The molecule has 0 radical (unpaired) electrons. The van der Waals surface area contributed by atoms with Crippen LogP contribution < -0.4 is 10.6 Å². The van der Waals surface area contributed by atoms with Gasteiger partial charge in [-0.1, -0.05) is 16.6 Å². The zero-order valence-corrected chi connectivity index (χ0v) is 10.5. The molecule has 5 nitrogen and oxygen atoms in total. The largest absolute Gasteiger partial charge is 0.321 e. The van der Waals surface area contributed by atoms with Crippen LogP contribution in [-0.4, -0.2) is 22.0 Å². The molecule has 3 rings (SSSR count). The lowest BCUT2D eigenvalue weighted by Gasteiger charge is -2.20. The molecule has 2 N–H and O–H groups in total. The van der Waals surface area contributed by atoms with Crippen molar-refractivity contribution in [3.05, 3.63) is 40.4 Å². The maximum Gasteiger partial charge on any atom is 0.269 e. The van der Waals surface area contributed by atoms with Gasteiger partial charge in [-0.15, -0.1) is 5.10 Å². The van der Waals surface area contributed by atoms with Gasteiger partial charge in [-0.2, -0.15) is 0 Å². The van der Waals surface area contributed by atoms with E-state index in [0.717, 1.165) is 36.7 Å². The molecule has 0 saturated carbocycles. The Kier molecular flexibility index (Phi) is 3.04. The van der Waals surface area contributed by atoms with Gasteiger partial charge in [0, 0.05) is 12.2 Å². The van der Waals surface area contributed by atoms with Crippen molar-refractivity contribution in [2.24, 2.45) is 0 Å². The Morgan fingerprint density at radius 3 is 3.22 bits per heavy atom. The Morgan fingerprint density at radius 2 is 2.39 bits per heavy atom. The third-order valence-electron chi connectivity index (χ3n) is 2.97. The van der Waals surface area contributed by atoms with Crippen molar-refractivity contribution in [2.45, 2.75) is 13.0 Å². The highest BCUT2D eigenvalue weighted by molar-refractivity contribution is 7.07. The summed E-state index contributed by atoms with van der Waals surface area (Å²) in [5.41, 5.74) is 3.37. The molecule has 0 unspecified atom stereocenters. The number of fused-ring (bicyclic) bond motifs is 1. The summed E-state index contributed by atoms with van der Waals surface area (Å²) >= 11 is 1.10. The number of nitrogens with one attached hydrogen (secondary N) is 2. The highest BCUT2D eigenvalue weighted by atomic mass is 32.1. The van der Waals surface area contributed by atoms with Gasteiger partial charge in [-0.3, -0.25) is 4.79 Å². The Hall–Kier alpha value is -1.79. The second-order valence-corrected chi connectivity index (χ2v) is 4.89. The van der Waals surface area contributed by atoms with Crippen LogP contribution in [0, 0.1) is 0 Å². The van der Waals surface area contributed by atoms with Gasteiger partial charge in [0.15, 0.2) is 0 Å². The fourth-order valence-electron chi connectivity index (χ4n) is 2.10. The first-order chi connectivity index (χ1) is 8.84. The van der Waals surface area contributed by atoms with Crippen LogP contribution >= 0.6 is 11.5 Å². The molecule has 0 aliphatic carbocycles. The van der Waals surface area contributed by atoms with E-state index in [2.05, 4.69) is 26.3 Å². The van der Waals surface area contributed by atoms with Gasteiger partial charge in [0.25, 0.3) is 5.91 Å². The molecule has 1 amide bonds. The molecule has 2 aromatic rings. The fraction of sp³-hybridized carbons (Fsp3) is 0.250. The van der Waals surface area contributed by atoms with Crippen molar-refractivity contribution in [1.82, 2.24) is 14.9 Å². The zero-order valence-electron chi connectivity index (χ0n) is 9.64. The van der Waals surface area contributed by atoms with Gasteiger partial charge >= 0.3 is 0 Å². The predicted molar refractivity (Wildman–Crippen MR) is 69.7 cm³/mol. The maximum absolute atomic E-state index is 12.0. The maximum atomic E-state index is 12.0. The van der Waals surface area contributed by atoms with Crippen molar-refractivity contribution in [3.63, 3.8) is 0 Å². The second-order valence-electron chi connectivity index (χ2n) is 4.11. The minimum absolute atomic E-state index is 0.142. The molecule has 0 fully saturated rings. The second kappa shape index (κ2) is 4.83. The predicted octanol–water partition coefficient (Wildman–Crippen LogP) is 1.44. The van der Waals surface area contributed by atoms with Gasteiger partial charge in [0.1, 0.15) is 4.88 Å². The summed E-state index contributed by atoms with van der Waals surface area (Å²) in [6, 6.07) is 5.99. The summed E-state index contributed by atoms with van der Waals surface area (Å²) in [6.07, 6.45) is 2.42. The third-order valence-corrected chi connectivity index (χ3v) is 3.64. The lowest BCUT2D eigenvalue weighted by atomic mass is 9.99. The molecule has 1 aromatic carbocycles. The molecule has 0 spiro atoms. The number of carbonyl (C=O) groups excluding carboxylic acids is 1. The topological polar surface area (TPSA) is 66.9 Å². The van der Waals surface area contributed by atoms with Crippen molar-refractivity contribution < 1.29 is 4.79 Å². The molecule has 18 heavy (non-hydrogen) atoms. The van der Waals surface area contributed by atoms with Crippen LogP contribution in [0.15, 0.2) is 24.4 Å².